The Hall–Kier alpha value is -1.36. The molecule has 3 fully saturated rings. The Labute approximate surface area is 115 Å². The Morgan fingerprint density at radius 2 is 2.05 bits per heavy atom. The number of hydrogen-bond acceptors (Lipinski definition) is 4. The molecule has 1 amide bonds. The number of likely N-dealkylation sites (tertiary alicyclic amines) is 1. The molecular formula is C14H23N3O2. The number of carbonyl (C=O) groups is 1. The van der Waals surface area contributed by atoms with E-state index in [2.05, 4.69) is 18.8 Å². The Morgan fingerprint density at radius 1 is 1.42 bits per heavy atom. The summed E-state index contributed by atoms with van der Waals surface area (Å²) in [6.07, 6.45) is 2.96. The Bertz CT molecular complexity index is 443. The predicted octanol–water partition coefficient (Wildman–Crippen LogP) is 0.659. The number of piperidine rings is 1. The second-order valence-electron chi connectivity index (χ2n) is 6.34. The summed E-state index contributed by atoms with van der Waals surface area (Å²) in [5.41, 5.74) is 6.46. The molecule has 0 aromatic heterocycles. The van der Waals surface area contributed by atoms with Crippen LogP contribution in [0.15, 0.2) is 16.8 Å². The van der Waals surface area contributed by atoms with Crippen molar-refractivity contribution in [3.05, 3.63) is 11.8 Å². The average Bonchev–Trinajstić information content (AvgIpc) is 2.73. The van der Waals surface area contributed by atoms with Crippen molar-refractivity contribution in [2.24, 2.45) is 28.0 Å². The molecule has 2 heterocycles. The zero-order chi connectivity index (χ0) is 13.6. The van der Waals surface area contributed by atoms with Gasteiger partial charge in [-0.3, -0.25) is 9.79 Å². The number of carbonyl (C=O) groups excluding carboxylic acids is 1. The molecule has 0 aromatic rings. The van der Waals surface area contributed by atoms with E-state index >= 15 is 0 Å². The summed E-state index contributed by atoms with van der Waals surface area (Å²) in [6.45, 7) is 7.56. The normalized spacial score (nSPS) is 33.4. The number of rotatable bonds is 3. The Morgan fingerprint density at radius 3 is 2.53 bits per heavy atom. The van der Waals surface area contributed by atoms with Gasteiger partial charge in [-0.25, -0.2) is 0 Å². The van der Waals surface area contributed by atoms with E-state index in [1.165, 1.54) is 6.20 Å². The zero-order valence-corrected chi connectivity index (χ0v) is 11.5. The molecule has 2 saturated heterocycles. The summed E-state index contributed by atoms with van der Waals surface area (Å²) in [6, 6.07) is 0.189. The van der Waals surface area contributed by atoms with Crippen LogP contribution in [0.5, 0.6) is 0 Å². The van der Waals surface area contributed by atoms with E-state index in [0.29, 0.717) is 36.0 Å². The summed E-state index contributed by atoms with van der Waals surface area (Å²) in [7, 11) is 0. The van der Waals surface area contributed by atoms with Gasteiger partial charge in [-0.1, -0.05) is 13.8 Å². The van der Waals surface area contributed by atoms with Crippen LogP contribution in [-0.4, -0.2) is 49.4 Å². The molecule has 5 nitrogen and oxygen atoms in total. The maximum Gasteiger partial charge on any atom is 0.256 e. The molecule has 2 unspecified atom stereocenters. The predicted molar refractivity (Wildman–Crippen MR) is 74.8 cm³/mol. The molecule has 1 aliphatic carbocycles. The first-order valence-electron chi connectivity index (χ1n) is 6.86. The van der Waals surface area contributed by atoms with E-state index in [1.54, 1.807) is 6.21 Å². The molecule has 0 radical (unpaired) electrons. The molecule has 2 N–H and O–H groups in total. The molecular weight excluding hydrogens is 242 g/mol. The quantitative estimate of drug-likeness (QED) is 0.602. The third-order valence-corrected chi connectivity index (χ3v) is 4.88. The van der Waals surface area contributed by atoms with E-state index in [0.717, 1.165) is 13.1 Å². The van der Waals surface area contributed by atoms with Crippen LogP contribution in [0.2, 0.25) is 0 Å². The Balaban J connectivity index is 0.00000147. The van der Waals surface area contributed by atoms with Crippen molar-refractivity contribution < 1.29 is 11.0 Å². The average molecular weight is 265 g/mol. The lowest BCUT2D eigenvalue weighted by Gasteiger charge is -2.23. The van der Waals surface area contributed by atoms with Crippen molar-refractivity contribution in [3.63, 3.8) is 0 Å². The second kappa shape index (κ2) is 4.34. The number of fused-ring (bicyclic) bond motifs is 1. The van der Waals surface area contributed by atoms with E-state index in [-0.39, 0.29) is 13.4 Å². The molecule has 3 rings (SSSR count). The van der Waals surface area contributed by atoms with Gasteiger partial charge in [0.2, 0.25) is 0 Å². The number of amides is 1. The maximum absolute atomic E-state index is 12.3. The van der Waals surface area contributed by atoms with Gasteiger partial charge in [-0.15, -0.1) is 0 Å². The number of hydrogen-bond donors (Lipinski definition) is 1. The van der Waals surface area contributed by atoms with Crippen molar-refractivity contribution >= 4 is 12.1 Å². The van der Waals surface area contributed by atoms with E-state index in [4.69, 9.17) is 10.5 Å². The fourth-order valence-electron chi connectivity index (χ4n) is 3.14. The number of aliphatic imine (C=N–C) groups is 1. The van der Waals surface area contributed by atoms with Gasteiger partial charge in [0.15, 0.2) is 0 Å². The highest BCUT2D eigenvalue weighted by Crippen LogP contribution is 2.61. The Kier molecular flexibility index (Phi) is 2.89. The molecule has 106 valence electrons. The van der Waals surface area contributed by atoms with Crippen LogP contribution >= 0.6 is 0 Å². The molecule has 1 saturated carbocycles. The number of nitrogens with two attached hydrogens (primary N) is 1. The molecule has 0 aromatic carbocycles. The summed E-state index contributed by atoms with van der Waals surface area (Å²) >= 11 is 0. The minimum Gasteiger partial charge on any atom is -0.404 e. The van der Waals surface area contributed by atoms with Crippen LogP contribution in [0.1, 0.15) is 15.3 Å². The fourth-order valence-corrected chi connectivity index (χ4v) is 3.14. The van der Waals surface area contributed by atoms with Gasteiger partial charge < -0.3 is 15.4 Å². The van der Waals surface area contributed by atoms with Crippen LogP contribution < -0.4 is 5.73 Å². The lowest BCUT2D eigenvalue weighted by atomic mass is 10.1. The van der Waals surface area contributed by atoms with Crippen LogP contribution in [0.25, 0.3) is 0 Å². The lowest BCUT2D eigenvalue weighted by Crippen LogP contribution is -2.35. The highest BCUT2D eigenvalue weighted by atomic mass is 16.5. The molecule has 5 heteroatoms. The smallest absolute Gasteiger partial charge is 0.256 e. The van der Waals surface area contributed by atoms with Gasteiger partial charge >= 0.3 is 0 Å². The van der Waals surface area contributed by atoms with Crippen molar-refractivity contribution in [1.29, 1.82) is 0 Å². The zero-order valence-electron chi connectivity index (χ0n) is 11.5. The summed E-state index contributed by atoms with van der Waals surface area (Å²) in [4.78, 5) is 18.5. The SMILES string of the molecule is CC1(C)C2CN(C(=O)/C(C=NC3COC3)=C/N)CC21.[HH]. The van der Waals surface area contributed by atoms with Gasteiger partial charge in [0.05, 0.1) is 24.8 Å². The summed E-state index contributed by atoms with van der Waals surface area (Å²) in [5, 5.41) is 0. The van der Waals surface area contributed by atoms with Crippen molar-refractivity contribution in [2.45, 2.75) is 19.9 Å². The fraction of sp³-hybridized carbons (Fsp3) is 0.714. The maximum atomic E-state index is 12.3. The van der Waals surface area contributed by atoms with Crippen LogP contribution in [-0.2, 0) is 9.53 Å². The second-order valence-corrected chi connectivity index (χ2v) is 6.34. The van der Waals surface area contributed by atoms with Crippen molar-refractivity contribution in [3.8, 4) is 0 Å². The van der Waals surface area contributed by atoms with Crippen LogP contribution in [0.4, 0.5) is 0 Å². The molecule has 19 heavy (non-hydrogen) atoms. The molecule has 0 bridgehead atoms. The highest BCUT2D eigenvalue weighted by molar-refractivity contribution is 6.12. The van der Waals surface area contributed by atoms with Gasteiger partial charge in [0.25, 0.3) is 5.91 Å². The van der Waals surface area contributed by atoms with E-state index in [1.807, 2.05) is 4.90 Å². The minimum absolute atomic E-state index is 0. The minimum atomic E-state index is 0. The highest BCUT2D eigenvalue weighted by Gasteiger charge is 2.62. The molecule has 2 atom stereocenters. The van der Waals surface area contributed by atoms with Crippen LogP contribution in [0.3, 0.4) is 0 Å². The topological polar surface area (TPSA) is 67.9 Å². The number of nitrogens with zero attached hydrogens (tertiary/aromatic N) is 2. The van der Waals surface area contributed by atoms with Crippen molar-refractivity contribution in [2.75, 3.05) is 26.3 Å². The molecule has 0 spiro atoms. The largest absolute Gasteiger partial charge is 0.404 e. The summed E-state index contributed by atoms with van der Waals surface area (Å²) < 4.78 is 5.04. The van der Waals surface area contributed by atoms with Crippen molar-refractivity contribution in [1.82, 2.24) is 4.90 Å². The molecule has 3 aliphatic rings. The van der Waals surface area contributed by atoms with Gasteiger partial charge in [0, 0.05) is 26.9 Å². The third-order valence-electron chi connectivity index (χ3n) is 4.88. The van der Waals surface area contributed by atoms with Gasteiger partial charge in [-0.2, -0.15) is 0 Å². The first kappa shape index (κ1) is 12.7. The number of ether oxygens (including phenoxy) is 1. The lowest BCUT2D eigenvalue weighted by molar-refractivity contribution is -0.126. The standard InChI is InChI=1S/C14H21N3O2.H2/c1-14(2)11-5-17(6-12(11)14)13(18)9(3-15)4-16-10-7-19-8-10;/h3-4,10-12H,5-8,15H2,1-2H3;1H/b9-3+,16-4?;. The van der Waals surface area contributed by atoms with E-state index in [9.17, 15) is 4.79 Å². The summed E-state index contributed by atoms with van der Waals surface area (Å²) in [5.74, 6) is 1.33. The van der Waals surface area contributed by atoms with Gasteiger partial charge in [-0.05, 0) is 17.3 Å². The van der Waals surface area contributed by atoms with E-state index < -0.39 is 0 Å². The first-order valence-corrected chi connectivity index (χ1v) is 6.86. The third kappa shape index (κ3) is 2.06. The van der Waals surface area contributed by atoms with Crippen LogP contribution in [0, 0.1) is 17.3 Å². The molecule has 2 aliphatic heterocycles. The first-order chi connectivity index (χ1) is 9.04. The van der Waals surface area contributed by atoms with Gasteiger partial charge in [0.1, 0.15) is 0 Å². The monoisotopic (exact) mass is 265 g/mol.